The number of hydrogen-bond donors (Lipinski definition) is 2. The minimum Gasteiger partial charge on any atom is -0.463 e. The minimum atomic E-state index is -5.49. The number of alkyl halides is 3. The predicted molar refractivity (Wildman–Crippen MR) is 46.1 cm³/mol. The number of ether oxygens (including phenoxy) is 1. The number of aromatic amines is 1. The first kappa shape index (κ1) is 12.5. The van der Waals surface area contributed by atoms with Crippen LogP contribution in [-0.2, 0) is 10.0 Å². The maximum absolute atomic E-state index is 11.9. The SMILES string of the molecule is CCOc1n[nH]c(NS(=O)(=O)C(F)(F)F)n1. The lowest BCUT2D eigenvalue weighted by molar-refractivity contribution is -0.0429. The van der Waals surface area contributed by atoms with Crippen LogP contribution in [0.2, 0.25) is 0 Å². The molecule has 0 saturated carbocycles. The van der Waals surface area contributed by atoms with Gasteiger partial charge in [0.15, 0.2) is 0 Å². The van der Waals surface area contributed by atoms with Crippen molar-refractivity contribution in [1.29, 1.82) is 0 Å². The van der Waals surface area contributed by atoms with E-state index in [1.54, 1.807) is 6.92 Å². The summed E-state index contributed by atoms with van der Waals surface area (Å²) in [7, 11) is -5.49. The van der Waals surface area contributed by atoms with E-state index in [4.69, 9.17) is 4.74 Å². The van der Waals surface area contributed by atoms with E-state index in [1.165, 1.54) is 4.72 Å². The van der Waals surface area contributed by atoms with Crippen LogP contribution >= 0.6 is 0 Å². The van der Waals surface area contributed by atoms with Gasteiger partial charge in [0.25, 0.3) is 0 Å². The number of hydrogen-bond acceptors (Lipinski definition) is 5. The molecule has 7 nitrogen and oxygen atoms in total. The van der Waals surface area contributed by atoms with Crippen LogP contribution in [0.15, 0.2) is 0 Å². The Kier molecular flexibility index (Phi) is 3.26. The highest BCUT2D eigenvalue weighted by molar-refractivity contribution is 7.93. The lowest BCUT2D eigenvalue weighted by atomic mass is 10.9. The van der Waals surface area contributed by atoms with Crippen molar-refractivity contribution in [3.63, 3.8) is 0 Å². The van der Waals surface area contributed by atoms with Crippen LogP contribution in [0.3, 0.4) is 0 Å². The summed E-state index contributed by atoms with van der Waals surface area (Å²) in [5.74, 6) is -0.666. The number of nitrogens with zero attached hydrogens (tertiary/aromatic N) is 2. The Labute approximate surface area is 88.1 Å². The van der Waals surface area contributed by atoms with Crippen molar-refractivity contribution in [2.45, 2.75) is 12.4 Å². The molecule has 0 saturated heterocycles. The van der Waals surface area contributed by atoms with E-state index in [1.807, 2.05) is 5.10 Å². The molecule has 0 unspecified atom stereocenters. The topological polar surface area (TPSA) is 97.0 Å². The number of sulfonamides is 1. The Balaban J connectivity index is 2.81. The Morgan fingerprint density at radius 3 is 2.62 bits per heavy atom. The molecule has 0 bridgehead atoms. The number of halogens is 3. The van der Waals surface area contributed by atoms with Crippen LogP contribution in [0, 0.1) is 0 Å². The zero-order valence-electron chi connectivity index (χ0n) is 7.87. The number of anilines is 1. The molecule has 92 valence electrons. The number of nitrogens with one attached hydrogen (secondary N) is 2. The highest BCUT2D eigenvalue weighted by atomic mass is 32.2. The van der Waals surface area contributed by atoms with E-state index in [0.717, 1.165) is 0 Å². The summed E-state index contributed by atoms with van der Waals surface area (Å²) < 4.78 is 62.9. The normalized spacial score (nSPS) is 12.5. The predicted octanol–water partition coefficient (Wildman–Crippen LogP) is 0.465. The van der Waals surface area contributed by atoms with Crippen LogP contribution in [0.5, 0.6) is 6.01 Å². The van der Waals surface area contributed by atoms with E-state index >= 15 is 0 Å². The van der Waals surface area contributed by atoms with Crippen LogP contribution < -0.4 is 9.46 Å². The minimum absolute atomic E-state index is 0.198. The molecule has 1 aromatic heterocycles. The van der Waals surface area contributed by atoms with Crippen molar-refractivity contribution in [2.75, 3.05) is 11.3 Å². The molecular formula is C5H7F3N4O3S. The van der Waals surface area contributed by atoms with Gasteiger partial charge in [0.2, 0.25) is 5.95 Å². The first-order valence-corrected chi connectivity index (χ1v) is 5.39. The van der Waals surface area contributed by atoms with Gasteiger partial charge in [-0.25, -0.2) is 9.82 Å². The fourth-order valence-electron chi connectivity index (χ4n) is 0.671. The van der Waals surface area contributed by atoms with Crippen molar-refractivity contribution in [3.8, 4) is 6.01 Å². The summed E-state index contributed by atoms with van der Waals surface area (Å²) in [6, 6.07) is -0.248. The van der Waals surface area contributed by atoms with Gasteiger partial charge >= 0.3 is 21.5 Å². The van der Waals surface area contributed by atoms with E-state index in [9.17, 15) is 21.6 Å². The molecule has 0 aliphatic rings. The summed E-state index contributed by atoms with van der Waals surface area (Å²) in [5, 5.41) is 5.26. The molecule has 2 N–H and O–H groups in total. The molecule has 0 aromatic carbocycles. The number of H-pyrrole nitrogens is 1. The third-order valence-electron chi connectivity index (χ3n) is 1.27. The second-order valence-electron chi connectivity index (χ2n) is 2.45. The molecule has 11 heteroatoms. The van der Waals surface area contributed by atoms with E-state index in [-0.39, 0.29) is 12.6 Å². The Morgan fingerprint density at radius 1 is 1.50 bits per heavy atom. The molecule has 1 heterocycles. The Bertz CT molecular complexity index is 454. The Morgan fingerprint density at radius 2 is 2.12 bits per heavy atom. The van der Waals surface area contributed by atoms with Gasteiger partial charge in [0, 0.05) is 0 Å². The van der Waals surface area contributed by atoms with Crippen LogP contribution in [0.4, 0.5) is 19.1 Å². The molecule has 0 radical (unpaired) electrons. The average molecular weight is 260 g/mol. The number of aromatic nitrogens is 3. The Hall–Kier alpha value is -1.52. The zero-order chi connectivity index (χ0) is 12.4. The maximum Gasteiger partial charge on any atom is 0.516 e. The van der Waals surface area contributed by atoms with Crippen molar-refractivity contribution in [3.05, 3.63) is 0 Å². The highest BCUT2D eigenvalue weighted by Gasteiger charge is 2.46. The average Bonchev–Trinajstić information content (AvgIpc) is 2.50. The van der Waals surface area contributed by atoms with Crippen molar-refractivity contribution in [1.82, 2.24) is 15.2 Å². The standard InChI is InChI=1S/C5H7F3N4O3S/c1-2-15-4-9-3(10-11-4)12-16(13,14)5(6,7)8/h2H2,1H3,(H2,9,10,11,12). The second-order valence-corrected chi connectivity index (χ2v) is 4.12. The second kappa shape index (κ2) is 4.15. The lowest BCUT2D eigenvalue weighted by Crippen LogP contribution is -2.30. The van der Waals surface area contributed by atoms with Gasteiger partial charge in [-0.2, -0.15) is 26.6 Å². The molecule has 0 aliphatic carbocycles. The maximum atomic E-state index is 11.9. The zero-order valence-corrected chi connectivity index (χ0v) is 8.68. The quantitative estimate of drug-likeness (QED) is 0.819. The van der Waals surface area contributed by atoms with Crippen LogP contribution in [0.1, 0.15) is 6.92 Å². The third kappa shape index (κ3) is 2.74. The highest BCUT2D eigenvalue weighted by Crippen LogP contribution is 2.24. The smallest absolute Gasteiger partial charge is 0.463 e. The molecule has 0 aliphatic heterocycles. The first-order chi connectivity index (χ1) is 7.26. The fourth-order valence-corrected chi connectivity index (χ4v) is 1.13. The van der Waals surface area contributed by atoms with Gasteiger partial charge in [0.05, 0.1) is 6.61 Å². The van der Waals surface area contributed by atoms with E-state index in [0.29, 0.717) is 0 Å². The van der Waals surface area contributed by atoms with Crippen molar-refractivity contribution in [2.24, 2.45) is 0 Å². The summed E-state index contributed by atoms with van der Waals surface area (Å²) >= 11 is 0. The molecule has 1 aromatic rings. The van der Waals surface area contributed by atoms with E-state index in [2.05, 4.69) is 10.1 Å². The van der Waals surface area contributed by atoms with E-state index < -0.39 is 21.5 Å². The first-order valence-electron chi connectivity index (χ1n) is 3.90. The molecule has 16 heavy (non-hydrogen) atoms. The van der Waals surface area contributed by atoms with Gasteiger partial charge in [-0.3, -0.25) is 0 Å². The van der Waals surface area contributed by atoms with Crippen molar-refractivity contribution < 1.29 is 26.3 Å². The molecular weight excluding hydrogens is 253 g/mol. The van der Waals surface area contributed by atoms with Gasteiger partial charge in [-0.15, -0.1) is 5.10 Å². The summed E-state index contributed by atoms with van der Waals surface area (Å²) in [6.07, 6.45) is 0. The summed E-state index contributed by atoms with van der Waals surface area (Å²) in [6.45, 7) is 1.80. The number of rotatable bonds is 4. The monoisotopic (exact) mass is 260 g/mol. The molecule has 1 rings (SSSR count). The van der Waals surface area contributed by atoms with Gasteiger partial charge in [-0.05, 0) is 6.92 Å². The van der Waals surface area contributed by atoms with Crippen LogP contribution in [-0.4, -0.2) is 35.7 Å². The van der Waals surface area contributed by atoms with Gasteiger partial charge in [-0.1, -0.05) is 0 Å². The van der Waals surface area contributed by atoms with Gasteiger partial charge < -0.3 is 4.74 Å². The molecule has 0 amide bonds. The molecule has 0 spiro atoms. The molecule has 0 fully saturated rings. The lowest BCUT2D eigenvalue weighted by Gasteiger charge is -2.06. The molecule has 0 atom stereocenters. The summed E-state index contributed by atoms with van der Waals surface area (Å²) in [4.78, 5) is 3.32. The fraction of sp³-hybridized carbons (Fsp3) is 0.600. The third-order valence-corrected chi connectivity index (χ3v) is 2.35. The largest absolute Gasteiger partial charge is 0.516 e. The van der Waals surface area contributed by atoms with Crippen LogP contribution in [0.25, 0.3) is 0 Å². The summed E-state index contributed by atoms with van der Waals surface area (Å²) in [5.41, 5.74) is -5.41. The van der Waals surface area contributed by atoms with Gasteiger partial charge in [0.1, 0.15) is 0 Å². The van der Waals surface area contributed by atoms with Crippen molar-refractivity contribution >= 4 is 16.0 Å².